The van der Waals surface area contributed by atoms with E-state index in [4.69, 9.17) is 15.2 Å². The molecule has 1 fully saturated rings. The number of ether oxygens (including phenoxy) is 2. The van der Waals surface area contributed by atoms with Gasteiger partial charge >= 0.3 is 6.09 Å². The SMILES string of the molecule is CC(C)CN(C[C@H](O)[C@@H](Cc1ccccc1)NC(=O)O[C@H]1CCOC1)S(=O)(=O)c1ccc(NC(=O)[C@@H](N)Cc2cnc[nH]2)cc1. The van der Waals surface area contributed by atoms with Crippen molar-refractivity contribution in [3.63, 3.8) is 0 Å². The van der Waals surface area contributed by atoms with Crippen LogP contribution in [0.4, 0.5) is 10.5 Å². The zero-order valence-electron chi connectivity index (χ0n) is 25.5. The molecule has 0 aliphatic carbocycles. The number of sulfonamides is 1. The second-order valence-electron chi connectivity index (χ2n) is 11.5. The van der Waals surface area contributed by atoms with Crippen LogP contribution in [0, 0.1) is 5.92 Å². The maximum atomic E-state index is 13.8. The first-order valence-electron chi connectivity index (χ1n) is 14.9. The molecule has 1 aromatic heterocycles. The molecule has 2 aromatic carbocycles. The van der Waals surface area contributed by atoms with Gasteiger partial charge in [-0.25, -0.2) is 18.2 Å². The van der Waals surface area contributed by atoms with Crippen molar-refractivity contribution in [1.29, 1.82) is 0 Å². The quantitative estimate of drug-likeness (QED) is 0.165. The number of aliphatic hydroxyl groups excluding tert-OH is 1. The standard InChI is InChI=1S/C31H42N6O7S/c1-21(2)17-37(18-29(38)28(14-22-6-4-3-5-7-22)36-31(40)44-25-12-13-43-19-25)45(41,42)26-10-8-23(9-11-26)35-30(39)27(32)15-24-16-33-20-34-24/h3-11,16,20-21,25,27-29,38H,12-15,17-19,32H2,1-2H3,(H,33,34)(H,35,39)(H,36,40)/t25-,27-,28+,29-/m0/s1. The van der Waals surface area contributed by atoms with E-state index in [1.807, 2.05) is 44.2 Å². The van der Waals surface area contributed by atoms with E-state index < -0.39 is 40.2 Å². The van der Waals surface area contributed by atoms with Crippen molar-refractivity contribution in [3.05, 3.63) is 78.4 Å². The summed E-state index contributed by atoms with van der Waals surface area (Å²) >= 11 is 0. The van der Waals surface area contributed by atoms with Gasteiger partial charge < -0.3 is 35.9 Å². The molecule has 1 saturated heterocycles. The number of nitrogens with two attached hydrogens (primary N) is 1. The number of anilines is 1. The van der Waals surface area contributed by atoms with Crippen LogP contribution in [-0.4, -0.2) is 90.4 Å². The van der Waals surface area contributed by atoms with Gasteiger partial charge in [-0.3, -0.25) is 4.79 Å². The number of H-pyrrole nitrogens is 1. The molecule has 4 rings (SSSR count). The third-order valence-electron chi connectivity index (χ3n) is 7.28. The van der Waals surface area contributed by atoms with Crippen LogP contribution >= 0.6 is 0 Å². The Labute approximate surface area is 263 Å². The van der Waals surface area contributed by atoms with Crippen LogP contribution in [0.25, 0.3) is 0 Å². The number of amides is 2. The predicted octanol–water partition coefficient (Wildman–Crippen LogP) is 2.05. The molecular weight excluding hydrogens is 600 g/mol. The Kier molecular flexibility index (Phi) is 12.1. The van der Waals surface area contributed by atoms with Crippen molar-refractivity contribution in [3.8, 4) is 0 Å². The molecule has 0 bridgehead atoms. The summed E-state index contributed by atoms with van der Waals surface area (Å²) in [6, 6.07) is 13.4. The average molecular weight is 643 g/mol. The Hall–Kier alpha value is -3.82. The summed E-state index contributed by atoms with van der Waals surface area (Å²) in [6.07, 6.45) is 1.85. The maximum Gasteiger partial charge on any atom is 0.407 e. The van der Waals surface area contributed by atoms with Crippen molar-refractivity contribution < 1.29 is 32.6 Å². The number of aromatic amines is 1. The first-order valence-corrected chi connectivity index (χ1v) is 16.4. The van der Waals surface area contributed by atoms with E-state index in [0.29, 0.717) is 31.0 Å². The Morgan fingerprint density at radius 2 is 1.87 bits per heavy atom. The molecule has 13 nitrogen and oxygen atoms in total. The van der Waals surface area contributed by atoms with Gasteiger partial charge in [-0.05, 0) is 42.2 Å². The van der Waals surface area contributed by atoms with E-state index in [2.05, 4.69) is 20.6 Å². The van der Waals surface area contributed by atoms with Gasteiger partial charge in [0.05, 0.1) is 42.6 Å². The number of aromatic nitrogens is 2. The molecule has 45 heavy (non-hydrogen) atoms. The first kappa shape index (κ1) is 34.1. The van der Waals surface area contributed by atoms with Crippen LogP contribution in [0.15, 0.2) is 72.0 Å². The van der Waals surface area contributed by atoms with Crippen molar-refractivity contribution in [2.75, 3.05) is 31.6 Å². The highest BCUT2D eigenvalue weighted by molar-refractivity contribution is 7.89. The van der Waals surface area contributed by atoms with Crippen LogP contribution in [0.5, 0.6) is 0 Å². The van der Waals surface area contributed by atoms with E-state index in [1.165, 1.54) is 34.9 Å². The highest BCUT2D eigenvalue weighted by atomic mass is 32.2. The van der Waals surface area contributed by atoms with Gasteiger partial charge in [0.2, 0.25) is 15.9 Å². The van der Waals surface area contributed by atoms with Crippen LogP contribution in [0.3, 0.4) is 0 Å². The van der Waals surface area contributed by atoms with Gasteiger partial charge in [0.1, 0.15) is 6.10 Å². The average Bonchev–Trinajstić information content (AvgIpc) is 3.72. The number of carbonyl (C=O) groups is 2. The van der Waals surface area contributed by atoms with Gasteiger partial charge in [-0.2, -0.15) is 4.31 Å². The predicted molar refractivity (Wildman–Crippen MR) is 168 cm³/mol. The van der Waals surface area contributed by atoms with Crippen molar-refractivity contribution in [2.45, 2.75) is 62.3 Å². The molecule has 2 amide bonds. The number of hydrogen-bond donors (Lipinski definition) is 5. The highest BCUT2D eigenvalue weighted by Crippen LogP contribution is 2.21. The highest BCUT2D eigenvalue weighted by Gasteiger charge is 2.32. The number of nitrogens with zero attached hydrogens (tertiary/aromatic N) is 2. The third kappa shape index (κ3) is 10.1. The third-order valence-corrected chi connectivity index (χ3v) is 9.12. The normalized spacial score (nSPS) is 17.2. The molecule has 0 saturated carbocycles. The molecule has 0 radical (unpaired) electrons. The van der Waals surface area contributed by atoms with E-state index in [-0.39, 0.29) is 42.8 Å². The minimum absolute atomic E-state index is 0.0108. The number of rotatable bonds is 15. The molecule has 4 atom stereocenters. The topological polar surface area (TPSA) is 189 Å². The summed E-state index contributed by atoms with van der Waals surface area (Å²) in [5.41, 5.74) is 7.96. The summed E-state index contributed by atoms with van der Waals surface area (Å²) in [7, 11) is -4.08. The summed E-state index contributed by atoms with van der Waals surface area (Å²) in [5.74, 6) is -0.490. The lowest BCUT2D eigenvalue weighted by atomic mass is 10.0. The number of hydrogen-bond acceptors (Lipinski definition) is 9. The molecule has 244 valence electrons. The lowest BCUT2D eigenvalue weighted by molar-refractivity contribution is -0.117. The second kappa shape index (κ2) is 16.0. The van der Waals surface area contributed by atoms with Gasteiger partial charge in [0.15, 0.2) is 0 Å². The molecule has 6 N–H and O–H groups in total. The largest absolute Gasteiger partial charge is 0.444 e. The van der Waals surface area contributed by atoms with Crippen LogP contribution in [0.1, 0.15) is 31.5 Å². The maximum absolute atomic E-state index is 13.8. The Morgan fingerprint density at radius 1 is 1.13 bits per heavy atom. The van der Waals surface area contributed by atoms with E-state index in [1.54, 1.807) is 6.20 Å². The molecule has 0 spiro atoms. The zero-order chi connectivity index (χ0) is 32.4. The molecular formula is C31H42N6O7S. The van der Waals surface area contributed by atoms with Crippen molar-refractivity contribution >= 4 is 27.7 Å². The Balaban J connectivity index is 1.46. The Bertz CT molecular complexity index is 1460. The van der Waals surface area contributed by atoms with Crippen molar-refractivity contribution in [2.24, 2.45) is 11.7 Å². The lowest BCUT2D eigenvalue weighted by Gasteiger charge is -2.30. The molecule has 1 aliphatic rings. The fourth-order valence-corrected chi connectivity index (χ4v) is 6.55. The summed E-state index contributed by atoms with van der Waals surface area (Å²) in [4.78, 5) is 32.1. The van der Waals surface area contributed by atoms with Crippen LogP contribution < -0.4 is 16.4 Å². The van der Waals surface area contributed by atoms with Crippen molar-refractivity contribution in [1.82, 2.24) is 19.6 Å². The monoisotopic (exact) mass is 642 g/mol. The fourth-order valence-electron chi connectivity index (χ4n) is 4.93. The van der Waals surface area contributed by atoms with Crippen LogP contribution in [-0.2, 0) is 37.1 Å². The molecule has 2 heterocycles. The summed E-state index contributed by atoms with van der Waals surface area (Å²) in [6.45, 7) is 4.42. The van der Waals surface area contributed by atoms with E-state index in [0.717, 1.165) is 5.56 Å². The molecule has 14 heteroatoms. The molecule has 1 aliphatic heterocycles. The summed E-state index contributed by atoms with van der Waals surface area (Å²) in [5, 5.41) is 16.8. The number of carbonyl (C=O) groups excluding carboxylic acids is 2. The van der Waals surface area contributed by atoms with Crippen LogP contribution in [0.2, 0.25) is 0 Å². The van der Waals surface area contributed by atoms with Gasteiger partial charge in [-0.1, -0.05) is 44.2 Å². The second-order valence-corrected chi connectivity index (χ2v) is 13.5. The van der Waals surface area contributed by atoms with Gasteiger partial charge in [-0.15, -0.1) is 0 Å². The van der Waals surface area contributed by atoms with E-state index >= 15 is 0 Å². The van der Waals surface area contributed by atoms with E-state index in [9.17, 15) is 23.1 Å². The summed E-state index contributed by atoms with van der Waals surface area (Å²) < 4.78 is 39.6. The number of nitrogens with one attached hydrogen (secondary N) is 3. The lowest BCUT2D eigenvalue weighted by Crippen LogP contribution is -2.51. The van der Waals surface area contributed by atoms with Gasteiger partial charge in [0, 0.05) is 43.5 Å². The fraction of sp³-hybridized carbons (Fsp3) is 0.452. The molecule has 3 aromatic rings. The molecule has 0 unspecified atom stereocenters. The minimum Gasteiger partial charge on any atom is -0.444 e. The smallest absolute Gasteiger partial charge is 0.407 e. The zero-order valence-corrected chi connectivity index (χ0v) is 26.3. The number of imidazole rings is 1. The Morgan fingerprint density at radius 3 is 2.49 bits per heavy atom. The number of benzene rings is 2. The number of aliphatic hydroxyl groups is 1. The first-order chi connectivity index (χ1) is 21.5. The minimum atomic E-state index is -4.08. The van der Waals surface area contributed by atoms with Gasteiger partial charge in [0.25, 0.3) is 0 Å². The number of alkyl carbamates (subject to hydrolysis) is 1.